The maximum absolute atomic E-state index is 10.6. The fraction of sp³-hybridized carbons (Fsp3) is 0.200. The van der Waals surface area contributed by atoms with Gasteiger partial charge in [-0.25, -0.2) is 0 Å². The quantitative estimate of drug-likeness (QED) is 0.378. The largest absolute Gasteiger partial charge is 1.00 e. The molecule has 0 aromatic heterocycles. The van der Waals surface area contributed by atoms with Gasteiger partial charge in [-0.3, -0.25) is 4.79 Å². The monoisotopic (exact) mass is 202 g/mol. The summed E-state index contributed by atoms with van der Waals surface area (Å²) < 4.78 is 0. The van der Waals surface area contributed by atoms with Crippen molar-refractivity contribution in [2.45, 2.75) is 13.8 Å². The van der Waals surface area contributed by atoms with E-state index in [0.29, 0.717) is 0 Å². The average molecular weight is 202 g/mol. The van der Waals surface area contributed by atoms with Gasteiger partial charge < -0.3 is 9.90 Å². The van der Waals surface area contributed by atoms with Gasteiger partial charge in [0.25, 0.3) is 0 Å². The van der Waals surface area contributed by atoms with Gasteiger partial charge in [-0.1, -0.05) is 30.3 Å². The summed E-state index contributed by atoms with van der Waals surface area (Å²) in [6.45, 7) is 2.54. The number of carboxylic acids is 1. The molecule has 1 aromatic carbocycles. The summed E-state index contributed by atoms with van der Waals surface area (Å²) in [5, 5.41) is 8.89. The van der Waals surface area contributed by atoms with Gasteiger partial charge in [0.15, 0.2) is 5.78 Å². The first-order chi connectivity index (χ1) is 6.04. The van der Waals surface area contributed by atoms with Crippen molar-refractivity contribution < 1.29 is 44.3 Å². The van der Waals surface area contributed by atoms with Crippen LogP contribution in [-0.4, -0.2) is 11.8 Å². The molecule has 0 atom stereocenters. The maximum Gasteiger partial charge on any atom is 1.00 e. The van der Waals surface area contributed by atoms with Gasteiger partial charge in [0.1, 0.15) is 0 Å². The Morgan fingerprint density at radius 1 is 1.07 bits per heavy atom. The molecule has 0 bridgehead atoms. The van der Waals surface area contributed by atoms with E-state index in [1.807, 2.05) is 30.3 Å². The van der Waals surface area contributed by atoms with Crippen LogP contribution in [0.15, 0.2) is 30.3 Å². The van der Waals surface area contributed by atoms with Gasteiger partial charge in [0, 0.05) is 11.5 Å². The van der Waals surface area contributed by atoms with Crippen molar-refractivity contribution in [2.75, 3.05) is 0 Å². The van der Waals surface area contributed by atoms with E-state index in [1.165, 1.54) is 0 Å². The van der Waals surface area contributed by atoms with E-state index in [2.05, 4.69) is 0 Å². The third-order valence-corrected chi connectivity index (χ3v) is 1.18. The molecule has 0 fully saturated rings. The van der Waals surface area contributed by atoms with E-state index in [-0.39, 0.29) is 35.3 Å². The number of rotatable bonds is 1. The van der Waals surface area contributed by atoms with Crippen LogP contribution in [0.1, 0.15) is 24.2 Å². The average Bonchev–Trinajstić information content (AvgIpc) is 2.05. The molecule has 14 heavy (non-hydrogen) atoms. The van der Waals surface area contributed by atoms with Crippen molar-refractivity contribution >= 4 is 11.8 Å². The fourth-order valence-corrected chi connectivity index (χ4v) is 0.673. The molecule has 0 aliphatic rings. The van der Waals surface area contributed by atoms with Crippen LogP contribution < -0.4 is 34.7 Å². The summed E-state index contributed by atoms with van der Waals surface area (Å²) in [7, 11) is 0. The van der Waals surface area contributed by atoms with Crippen molar-refractivity contribution in [3.05, 3.63) is 35.9 Å². The standard InChI is InChI=1S/C8H8O.C2H4O2.Na/c1-7(9)8-5-3-2-4-6-8;1-2(3)4;/h2-6H,1H3;1H3,(H,3,4);/q;;+1/p-1. The first-order valence-corrected chi connectivity index (χ1v) is 3.77. The van der Waals surface area contributed by atoms with E-state index in [0.717, 1.165) is 12.5 Å². The zero-order valence-electron chi connectivity index (χ0n) is 8.61. The minimum atomic E-state index is -1.08. The summed E-state index contributed by atoms with van der Waals surface area (Å²) in [6.07, 6.45) is 0. The van der Waals surface area contributed by atoms with Crippen LogP contribution >= 0.6 is 0 Å². The number of hydrogen-bond acceptors (Lipinski definition) is 3. The van der Waals surface area contributed by atoms with Crippen LogP contribution in [0.3, 0.4) is 0 Å². The fourth-order valence-electron chi connectivity index (χ4n) is 0.673. The summed E-state index contributed by atoms with van der Waals surface area (Å²) in [5.74, 6) is -0.962. The number of Topliss-reactive ketones (excluding diaryl/α,β-unsaturated/α-hetero) is 1. The number of ketones is 1. The SMILES string of the molecule is CC(=O)[O-].CC(=O)c1ccccc1.[Na+]. The van der Waals surface area contributed by atoms with Gasteiger partial charge in [-0.15, -0.1) is 0 Å². The van der Waals surface area contributed by atoms with E-state index >= 15 is 0 Å². The van der Waals surface area contributed by atoms with Crippen LogP contribution in [0.2, 0.25) is 0 Å². The molecule has 1 rings (SSSR count). The van der Waals surface area contributed by atoms with Crippen LogP contribution in [-0.2, 0) is 4.79 Å². The second kappa shape index (κ2) is 8.94. The molecule has 70 valence electrons. The van der Waals surface area contributed by atoms with Crippen LogP contribution in [0.25, 0.3) is 0 Å². The van der Waals surface area contributed by atoms with E-state index in [9.17, 15) is 4.79 Å². The first kappa shape index (κ1) is 15.8. The molecule has 4 heteroatoms. The number of aliphatic carboxylic acids is 1. The topological polar surface area (TPSA) is 57.2 Å². The number of hydrogen-bond donors (Lipinski definition) is 0. The zero-order chi connectivity index (χ0) is 10.3. The Balaban J connectivity index is 0. The molecule has 0 heterocycles. The van der Waals surface area contributed by atoms with Crippen LogP contribution in [0.5, 0.6) is 0 Å². The Morgan fingerprint density at radius 3 is 1.64 bits per heavy atom. The molecular formula is C10H11NaO3. The van der Waals surface area contributed by atoms with Crippen molar-refractivity contribution in [1.82, 2.24) is 0 Å². The smallest absolute Gasteiger partial charge is 0.550 e. The normalized spacial score (nSPS) is 7.57. The summed E-state index contributed by atoms with van der Waals surface area (Å²) in [4.78, 5) is 19.5. The van der Waals surface area contributed by atoms with Gasteiger partial charge in [-0.05, 0) is 13.8 Å². The molecule has 0 aliphatic heterocycles. The molecule has 0 saturated heterocycles. The second-order valence-corrected chi connectivity index (χ2v) is 2.41. The molecule has 0 unspecified atom stereocenters. The summed E-state index contributed by atoms with van der Waals surface area (Å²) in [5.41, 5.74) is 0.775. The molecule has 0 spiro atoms. The van der Waals surface area contributed by atoms with E-state index in [4.69, 9.17) is 9.90 Å². The van der Waals surface area contributed by atoms with E-state index < -0.39 is 5.97 Å². The van der Waals surface area contributed by atoms with Crippen LogP contribution in [0.4, 0.5) is 0 Å². The van der Waals surface area contributed by atoms with Crippen molar-refractivity contribution in [3.63, 3.8) is 0 Å². The number of benzene rings is 1. The van der Waals surface area contributed by atoms with Gasteiger partial charge >= 0.3 is 29.6 Å². The van der Waals surface area contributed by atoms with Crippen molar-refractivity contribution in [3.8, 4) is 0 Å². The number of carbonyl (C=O) groups is 2. The summed E-state index contributed by atoms with van der Waals surface area (Å²) in [6, 6.07) is 9.23. The van der Waals surface area contributed by atoms with E-state index in [1.54, 1.807) is 6.92 Å². The Labute approximate surface area is 105 Å². The molecule has 0 saturated carbocycles. The minimum absolute atomic E-state index is 0. The number of carboxylic acid groups (broad SMARTS) is 1. The Bertz CT molecular complexity index is 279. The van der Waals surface area contributed by atoms with Gasteiger partial charge in [-0.2, -0.15) is 0 Å². The Kier molecular flexibility index (Phi) is 10.1. The van der Waals surface area contributed by atoms with Gasteiger partial charge in [0.05, 0.1) is 0 Å². The Hall–Kier alpha value is -0.640. The van der Waals surface area contributed by atoms with Crippen LogP contribution in [0, 0.1) is 0 Å². The Morgan fingerprint density at radius 2 is 1.43 bits per heavy atom. The minimum Gasteiger partial charge on any atom is -0.550 e. The molecule has 1 aromatic rings. The number of carbonyl (C=O) groups excluding carboxylic acids is 2. The summed E-state index contributed by atoms with van der Waals surface area (Å²) >= 11 is 0. The molecule has 3 nitrogen and oxygen atoms in total. The predicted octanol–water partition coefficient (Wildman–Crippen LogP) is -2.35. The third kappa shape index (κ3) is 9.45. The van der Waals surface area contributed by atoms with Gasteiger partial charge in [0.2, 0.25) is 0 Å². The molecule has 0 aliphatic carbocycles. The first-order valence-electron chi connectivity index (χ1n) is 3.77. The molecule has 0 N–H and O–H groups in total. The molecule has 0 radical (unpaired) electrons. The molecule has 0 amide bonds. The maximum atomic E-state index is 10.6. The van der Waals surface area contributed by atoms with Crippen molar-refractivity contribution in [1.29, 1.82) is 0 Å². The van der Waals surface area contributed by atoms with Crippen molar-refractivity contribution in [2.24, 2.45) is 0 Å². The molecular weight excluding hydrogens is 191 g/mol. The second-order valence-electron chi connectivity index (χ2n) is 2.41. The third-order valence-electron chi connectivity index (χ3n) is 1.18. The zero-order valence-corrected chi connectivity index (χ0v) is 10.6. The predicted molar refractivity (Wildman–Crippen MR) is 47.1 cm³/mol.